The zero-order valence-electron chi connectivity index (χ0n) is 15.3. The fraction of sp³-hybridized carbons (Fsp3) is 0.286. The molecule has 1 fully saturated rings. The van der Waals surface area contributed by atoms with Crippen LogP contribution in [0.5, 0.6) is 11.5 Å². The van der Waals surface area contributed by atoms with Gasteiger partial charge in [0.05, 0.1) is 25.8 Å². The average Bonchev–Trinajstić information content (AvgIpc) is 3.33. The van der Waals surface area contributed by atoms with E-state index in [0.29, 0.717) is 5.56 Å². The molecule has 0 radical (unpaired) electrons. The summed E-state index contributed by atoms with van der Waals surface area (Å²) < 4.78 is 11.9. The molecule has 0 aliphatic carbocycles. The lowest BCUT2D eigenvalue weighted by Gasteiger charge is -2.26. The van der Waals surface area contributed by atoms with E-state index in [-0.39, 0.29) is 11.9 Å². The molecule has 0 spiro atoms. The molecule has 1 N–H and O–H groups in total. The third-order valence-electron chi connectivity index (χ3n) is 5.18. The summed E-state index contributed by atoms with van der Waals surface area (Å²) in [7, 11) is 3.30. The Hall–Kier alpha value is -2.47. The fourth-order valence-electron chi connectivity index (χ4n) is 3.86. The van der Waals surface area contributed by atoms with Crippen molar-refractivity contribution < 1.29 is 14.3 Å². The monoisotopic (exact) mass is 428 g/mol. The van der Waals surface area contributed by atoms with E-state index in [1.807, 2.05) is 41.3 Å². The predicted octanol–water partition coefficient (Wildman–Crippen LogP) is 4.92. The number of aromatic nitrogens is 1. The molecule has 1 unspecified atom stereocenters. The van der Waals surface area contributed by atoms with E-state index in [0.717, 1.165) is 51.8 Å². The van der Waals surface area contributed by atoms with Crippen LogP contribution in [0, 0.1) is 0 Å². The van der Waals surface area contributed by atoms with Crippen molar-refractivity contribution in [2.75, 3.05) is 20.8 Å². The van der Waals surface area contributed by atoms with Crippen LogP contribution in [-0.2, 0) is 0 Å². The van der Waals surface area contributed by atoms with E-state index in [1.165, 1.54) is 0 Å². The largest absolute Gasteiger partial charge is 0.497 e. The van der Waals surface area contributed by atoms with Gasteiger partial charge in [0.15, 0.2) is 0 Å². The van der Waals surface area contributed by atoms with E-state index in [2.05, 4.69) is 20.9 Å². The number of hydrogen-bond acceptors (Lipinski definition) is 3. The number of likely N-dealkylation sites (tertiary alicyclic amines) is 1. The second-order valence-electron chi connectivity index (χ2n) is 6.66. The van der Waals surface area contributed by atoms with Gasteiger partial charge < -0.3 is 19.4 Å². The number of aromatic amines is 1. The molecule has 0 saturated carbocycles. The van der Waals surface area contributed by atoms with Gasteiger partial charge in [-0.05, 0) is 49.2 Å². The fourth-order valence-corrected chi connectivity index (χ4v) is 4.22. The third kappa shape index (κ3) is 3.18. The Morgan fingerprint density at radius 2 is 2.04 bits per heavy atom. The average molecular weight is 429 g/mol. The zero-order valence-corrected chi connectivity index (χ0v) is 16.9. The number of hydrogen-bond donors (Lipinski definition) is 1. The molecule has 1 amide bonds. The van der Waals surface area contributed by atoms with Gasteiger partial charge in [0.2, 0.25) is 0 Å². The number of ether oxygens (including phenoxy) is 2. The van der Waals surface area contributed by atoms with Gasteiger partial charge >= 0.3 is 0 Å². The van der Waals surface area contributed by atoms with E-state index in [4.69, 9.17) is 9.47 Å². The summed E-state index contributed by atoms with van der Waals surface area (Å²) in [6.07, 6.45) is 3.67. The maximum atomic E-state index is 13.4. The summed E-state index contributed by atoms with van der Waals surface area (Å²) >= 11 is 3.50. The van der Waals surface area contributed by atoms with E-state index in [9.17, 15) is 4.79 Å². The van der Waals surface area contributed by atoms with Crippen molar-refractivity contribution in [3.05, 3.63) is 58.2 Å². The van der Waals surface area contributed by atoms with Gasteiger partial charge in [-0.1, -0.05) is 15.9 Å². The number of nitrogens with zero attached hydrogens (tertiary/aromatic N) is 1. The molecule has 2 aromatic carbocycles. The number of halogens is 1. The van der Waals surface area contributed by atoms with Gasteiger partial charge in [-0.2, -0.15) is 0 Å². The van der Waals surface area contributed by atoms with Crippen LogP contribution in [0.15, 0.2) is 47.1 Å². The van der Waals surface area contributed by atoms with Crippen molar-refractivity contribution in [1.82, 2.24) is 9.88 Å². The molecule has 4 rings (SSSR count). The zero-order chi connectivity index (χ0) is 19.0. The molecule has 0 bridgehead atoms. The number of H-pyrrole nitrogens is 1. The number of carbonyl (C=O) groups excluding carboxylic acids is 1. The SMILES string of the molecule is COc1ccc(OC)c(C2CCCN2C(=O)c2c[nH]c3ccc(Br)cc23)c1. The third-order valence-corrected chi connectivity index (χ3v) is 5.68. The van der Waals surface area contributed by atoms with Gasteiger partial charge in [-0.15, -0.1) is 0 Å². The normalized spacial score (nSPS) is 16.7. The number of benzene rings is 2. The maximum Gasteiger partial charge on any atom is 0.256 e. The molecule has 2 heterocycles. The molecule has 1 aliphatic heterocycles. The highest BCUT2D eigenvalue weighted by Gasteiger charge is 2.33. The van der Waals surface area contributed by atoms with Crippen molar-refractivity contribution >= 4 is 32.7 Å². The molecule has 3 aromatic rings. The Bertz CT molecular complexity index is 998. The highest BCUT2D eigenvalue weighted by molar-refractivity contribution is 9.10. The van der Waals surface area contributed by atoms with Crippen LogP contribution in [0.1, 0.15) is 34.8 Å². The minimum Gasteiger partial charge on any atom is -0.497 e. The number of carbonyl (C=O) groups is 1. The molecular weight excluding hydrogens is 408 g/mol. The lowest BCUT2D eigenvalue weighted by Crippen LogP contribution is -2.30. The quantitative estimate of drug-likeness (QED) is 0.640. The van der Waals surface area contributed by atoms with Crippen LogP contribution in [-0.4, -0.2) is 36.6 Å². The lowest BCUT2D eigenvalue weighted by molar-refractivity contribution is 0.0736. The van der Waals surface area contributed by atoms with Crippen LogP contribution in [0.2, 0.25) is 0 Å². The van der Waals surface area contributed by atoms with Crippen molar-refractivity contribution in [2.45, 2.75) is 18.9 Å². The Kier molecular flexibility index (Phi) is 4.83. The number of amides is 1. The molecule has 6 heteroatoms. The standard InChI is InChI=1S/C21H21BrN2O3/c1-26-14-6-8-20(27-2)16(11-14)19-4-3-9-24(19)21(25)17-12-23-18-7-5-13(22)10-15(17)18/h5-8,10-12,19,23H,3-4,9H2,1-2H3. The summed E-state index contributed by atoms with van der Waals surface area (Å²) in [6, 6.07) is 11.6. The van der Waals surface area contributed by atoms with Crippen molar-refractivity contribution in [1.29, 1.82) is 0 Å². The topological polar surface area (TPSA) is 54.6 Å². The minimum atomic E-state index is -0.0281. The summed E-state index contributed by atoms with van der Waals surface area (Å²) in [5.74, 6) is 1.58. The Labute approximate surface area is 166 Å². The van der Waals surface area contributed by atoms with Gasteiger partial charge in [0, 0.05) is 33.7 Å². The van der Waals surface area contributed by atoms with Gasteiger partial charge in [-0.25, -0.2) is 0 Å². The first-order valence-electron chi connectivity index (χ1n) is 8.92. The summed E-state index contributed by atoms with van der Waals surface area (Å²) in [4.78, 5) is 18.5. The van der Waals surface area contributed by atoms with Gasteiger partial charge in [0.25, 0.3) is 5.91 Å². The minimum absolute atomic E-state index is 0.0281. The summed E-state index contributed by atoms with van der Waals surface area (Å²) in [5.41, 5.74) is 2.64. The molecule has 1 saturated heterocycles. The summed E-state index contributed by atoms with van der Waals surface area (Å²) in [6.45, 7) is 0.727. The second kappa shape index (κ2) is 7.27. The molecule has 1 aliphatic rings. The van der Waals surface area contributed by atoms with Crippen molar-refractivity contribution in [3.8, 4) is 11.5 Å². The van der Waals surface area contributed by atoms with Gasteiger partial charge in [0.1, 0.15) is 11.5 Å². The number of methoxy groups -OCH3 is 2. The van der Waals surface area contributed by atoms with Crippen LogP contribution in [0.3, 0.4) is 0 Å². The highest BCUT2D eigenvalue weighted by atomic mass is 79.9. The number of fused-ring (bicyclic) bond motifs is 1. The molecule has 1 aromatic heterocycles. The molecular formula is C21H21BrN2O3. The molecule has 27 heavy (non-hydrogen) atoms. The Morgan fingerprint density at radius 3 is 2.81 bits per heavy atom. The first-order chi connectivity index (χ1) is 13.1. The van der Waals surface area contributed by atoms with E-state index >= 15 is 0 Å². The first-order valence-corrected chi connectivity index (χ1v) is 9.71. The summed E-state index contributed by atoms with van der Waals surface area (Å²) in [5, 5.41) is 0.928. The first kappa shape index (κ1) is 17.9. The van der Waals surface area contributed by atoms with Crippen LogP contribution < -0.4 is 9.47 Å². The van der Waals surface area contributed by atoms with E-state index < -0.39 is 0 Å². The maximum absolute atomic E-state index is 13.4. The highest BCUT2D eigenvalue weighted by Crippen LogP contribution is 2.40. The lowest BCUT2D eigenvalue weighted by atomic mass is 10.0. The smallest absolute Gasteiger partial charge is 0.256 e. The molecule has 5 nitrogen and oxygen atoms in total. The number of rotatable bonds is 4. The molecule has 140 valence electrons. The van der Waals surface area contributed by atoms with Crippen molar-refractivity contribution in [3.63, 3.8) is 0 Å². The van der Waals surface area contributed by atoms with Crippen molar-refractivity contribution in [2.24, 2.45) is 0 Å². The van der Waals surface area contributed by atoms with Crippen LogP contribution >= 0.6 is 15.9 Å². The van der Waals surface area contributed by atoms with Gasteiger partial charge in [-0.3, -0.25) is 4.79 Å². The van der Waals surface area contributed by atoms with Crippen LogP contribution in [0.4, 0.5) is 0 Å². The molecule has 1 atom stereocenters. The Balaban J connectivity index is 1.73. The van der Waals surface area contributed by atoms with Crippen LogP contribution in [0.25, 0.3) is 10.9 Å². The number of nitrogens with one attached hydrogen (secondary N) is 1. The van der Waals surface area contributed by atoms with E-state index in [1.54, 1.807) is 20.4 Å². The second-order valence-corrected chi connectivity index (χ2v) is 7.57. The Morgan fingerprint density at radius 1 is 1.19 bits per heavy atom. The predicted molar refractivity (Wildman–Crippen MR) is 109 cm³/mol.